The van der Waals surface area contributed by atoms with E-state index in [0.29, 0.717) is 12.2 Å². The molecule has 0 radical (unpaired) electrons. The largest absolute Gasteiger partial charge is 0.481 e. The normalized spacial score (nSPS) is 16.6. The smallest absolute Gasteiger partial charge is 0.303 e. The molecule has 1 aliphatic carbocycles. The van der Waals surface area contributed by atoms with Crippen molar-refractivity contribution in [2.45, 2.75) is 25.0 Å². The van der Waals surface area contributed by atoms with E-state index in [9.17, 15) is 4.79 Å². The molecule has 19 heavy (non-hydrogen) atoms. The van der Waals surface area contributed by atoms with Gasteiger partial charge in [-0.2, -0.15) is 11.8 Å². The fourth-order valence-electron chi connectivity index (χ4n) is 2.19. The van der Waals surface area contributed by atoms with E-state index in [0.717, 1.165) is 30.0 Å². The predicted octanol–water partition coefficient (Wildman–Crippen LogP) is 2.22. The van der Waals surface area contributed by atoms with Gasteiger partial charge in [0, 0.05) is 24.3 Å². The van der Waals surface area contributed by atoms with Crippen molar-refractivity contribution in [1.29, 1.82) is 0 Å². The van der Waals surface area contributed by atoms with Crippen LogP contribution in [0.2, 0.25) is 0 Å². The summed E-state index contributed by atoms with van der Waals surface area (Å²) in [4.78, 5) is 19.4. The molecule has 2 heterocycles. The Morgan fingerprint density at radius 1 is 1.53 bits per heavy atom. The molecule has 0 spiro atoms. The van der Waals surface area contributed by atoms with Crippen LogP contribution in [0, 0.1) is 5.41 Å². The molecule has 1 fully saturated rings. The third-order valence-corrected chi connectivity index (χ3v) is 4.74. The van der Waals surface area contributed by atoms with Crippen molar-refractivity contribution < 1.29 is 9.90 Å². The summed E-state index contributed by atoms with van der Waals surface area (Å²) in [5.74, 6) is 1.74. The first-order chi connectivity index (χ1) is 9.17. The van der Waals surface area contributed by atoms with Crippen LogP contribution in [0.15, 0.2) is 24.7 Å². The number of aromatic nitrogens is 3. The van der Waals surface area contributed by atoms with Gasteiger partial charge in [-0.05, 0) is 30.1 Å². The van der Waals surface area contributed by atoms with Gasteiger partial charge in [0.2, 0.25) is 5.78 Å². The van der Waals surface area contributed by atoms with Crippen LogP contribution in [-0.4, -0.2) is 31.2 Å². The summed E-state index contributed by atoms with van der Waals surface area (Å²) in [5, 5.41) is 8.87. The lowest BCUT2D eigenvalue weighted by Crippen LogP contribution is -2.11. The van der Waals surface area contributed by atoms with E-state index in [1.54, 1.807) is 18.0 Å². The van der Waals surface area contributed by atoms with Crippen molar-refractivity contribution in [3.8, 4) is 0 Å². The quantitative estimate of drug-likeness (QED) is 0.877. The number of rotatable bonds is 6. The van der Waals surface area contributed by atoms with Crippen LogP contribution in [0.3, 0.4) is 0 Å². The van der Waals surface area contributed by atoms with E-state index in [-0.39, 0.29) is 5.41 Å². The molecule has 3 rings (SSSR count). The third-order valence-electron chi connectivity index (χ3n) is 3.43. The van der Waals surface area contributed by atoms with E-state index >= 15 is 0 Å². The highest BCUT2D eigenvalue weighted by atomic mass is 32.2. The average molecular weight is 277 g/mol. The van der Waals surface area contributed by atoms with Gasteiger partial charge in [-0.15, -0.1) is 0 Å². The first-order valence-electron chi connectivity index (χ1n) is 6.25. The summed E-state index contributed by atoms with van der Waals surface area (Å²) >= 11 is 1.77. The van der Waals surface area contributed by atoms with Gasteiger partial charge in [-0.25, -0.2) is 9.97 Å². The second-order valence-electron chi connectivity index (χ2n) is 5.12. The molecule has 0 aliphatic heterocycles. The molecule has 0 unspecified atom stereocenters. The highest BCUT2D eigenvalue weighted by Gasteiger charge is 2.44. The molecule has 0 atom stereocenters. The first kappa shape index (κ1) is 12.5. The zero-order chi connectivity index (χ0) is 13.3. The molecule has 0 bridgehead atoms. The fourth-order valence-corrected chi connectivity index (χ4v) is 3.46. The number of carbonyl (C=O) groups is 1. The van der Waals surface area contributed by atoms with E-state index in [2.05, 4.69) is 9.97 Å². The minimum absolute atomic E-state index is 0.0495. The van der Waals surface area contributed by atoms with Gasteiger partial charge in [0.25, 0.3) is 0 Å². The lowest BCUT2D eigenvalue weighted by Gasteiger charge is -2.10. The summed E-state index contributed by atoms with van der Waals surface area (Å²) in [6, 6.07) is 1.87. The van der Waals surface area contributed by atoms with Gasteiger partial charge in [-0.1, -0.05) is 0 Å². The van der Waals surface area contributed by atoms with Crippen LogP contribution in [0.4, 0.5) is 0 Å². The Hall–Kier alpha value is -1.56. The number of hydrogen-bond acceptors (Lipinski definition) is 4. The molecule has 1 saturated carbocycles. The molecule has 0 aromatic carbocycles. The van der Waals surface area contributed by atoms with Crippen molar-refractivity contribution in [2.75, 3.05) is 5.75 Å². The Bertz CT molecular complexity index is 574. The molecular formula is C13H15N3O2S. The molecule has 0 saturated heterocycles. The number of hydrogen-bond donors (Lipinski definition) is 1. The van der Waals surface area contributed by atoms with Crippen molar-refractivity contribution in [2.24, 2.45) is 5.41 Å². The zero-order valence-corrected chi connectivity index (χ0v) is 11.3. The van der Waals surface area contributed by atoms with Crippen LogP contribution < -0.4 is 0 Å². The van der Waals surface area contributed by atoms with Gasteiger partial charge in [-0.3, -0.25) is 9.20 Å². The number of carboxylic acid groups (broad SMARTS) is 1. The maximum absolute atomic E-state index is 10.8. The SMILES string of the molecule is O=C(O)CC1(CSCc2cn3cccnc3n2)CC1. The molecule has 2 aromatic rings. The van der Waals surface area contributed by atoms with Gasteiger partial charge in [0.15, 0.2) is 0 Å². The molecule has 100 valence electrons. The summed E-state index contributed by atoms with van der Waals surface area (Å²) in [5.41, 5.74) is 1.04. The number of thioether (sulfide) groups is 1. The summed E-state index contributed by atoms with van der Waals surface area (Å²) in [7, 11) is 0. The molecular weight excluding hydrogens is 262 g/mol. The van der Waals surface area contributed by atoms with E-state index in [1.807, 2.05) is 22.9 Å². The third kappa shape index (κ3) is 2.89. The van der Waals surface area contributed by atoms with Crippen molar-refractivity contribution >= 4 is 23.5 Å². The van der Waals surface area contributed by atoms with E-state index in [1.165, 1.54) is 0 Å². The Balaban J connectivity index is 1.56. The Labute approximate surface area is 115 Å². The van der Waals surface area contributed by atoms with Gasteiger partial charge in [0.05, 0.1) is 12.1 Å². The van der Waals surface area contributed by atoms with Crippen LogP contribution in [-0.2, 0) is 10.5 Å². The first-order valence-corrected chi connectivity index (χ1v) is 7.41. The number of fused-ring (bicyclic) bond motifs is 1. The predicted molar refractivity (Wildman–Crippen MR) is 73.1 cm³/mol. The lowest BCUT2D eigenvalue weighted by atomic mass is 10.1. The highest BCUT2D eigenvalue weighted by molar-refractivity contribution is 7.98. The number of nitrogens with zero attached hydrogens (tertiary/aromatic N) is 3. The van der Waals surface area contributed by atoms with Crippen molar-refractivity contribution in [3.63, 3.8) is 0 Å². The topological polar surface area (TPSA) is 67.5 Å². The summed E-state index contributed by atoms with van der Waals surface area (Å²) in [6.45, 7) is 0. The maximum atomic E-state index is 10.8. The Kier molecular flexibility index (Phi) is 3.18. The van der Waals surface area contributed by atoms with E-state index < -0.39 is 5.97 Å². The Morgan fingerprint density at radius 2 is 2.37 bits per heavy atom. The second-order valence-corrected chi connectivity index (χ2v) is 6.11. The van der Waals surface area contributed by atoms with E-state index in [4.69, 9.17) is 5.11 Å². The molecule has 0 amide bonds. The second kappa shape index (κ2) is 4.85. The van der Waals surface area contributed by atoms with Gasteiger partial charge >= 0.3 is 5.97 Å². The van der Waals surface area contributed by atoms with Gasteiger partial charge < -0.3 is 5.11 Å². The molecule has 6 heteroatoms. The van der Waals surface area contributed by atoms with Crippen LogP contribution in [0.5, 0.6) is 0 Å². The number of aliphatic carboxylic acids is 1. The molecule has 1 N–H and O–H groups in total. The summed E-state index contributed by atoms with van der Waals surface area (Å²) in [6.07, 6.45) is 8.01. The zero-order valence-electron chi connectivity index (χ0n) is 10.5. The fraction of sp³-hybridized carbons (Fsp3) is 0.462. The number of imidazole rings is 1. The van der Waals surface area contributed by atoms with Crippen LogP contribution in [0.1, 0.15) is 25.0 Å². The molecule has 2 aromatic heterocycles. The monoisotopic (exact) mass is 277 g/mol. The lowest BCUT2D eigenvalue weighted by molar-refractivity contribution is -0.138. The van der Waals surface area contributed by atoms with Crippen molar-refractivity contribution in [3.05, 3.63) is 30.4 Å². The Morgan fingerprint density at radius 3 is 3.05 bits per heavy atom. The highest BCUT2D eigenvalue weighted by Crippen LogP contribution is 2.51. The maximum Gasteiger partial charge on any atom is 0.303 e. The minimum atomic E-state index is -0.685. The molecule has 5 nitrogen and oxygen atoms in total. The standard InChI is InChI=1S/C13H15N3O2S/c17-11(18)6-13(2-3-13)9-19-8-10-7-16-5-1-4-14-12(16)15-10/h1,4-5,7H,2-3,6,8-9H2,(H,17,18). The molecule has 1 aliphatic rings. The van der Waals surface area contributed by atoms with Gasteiger partial charge in [0.1, 0.15) is 0 Å². The van der Waals surface area contributed by atoms with Crippen LogP contribution >= 0.6 is 11.8 Å². The number of carboxylic acids is 1. The van der Waals surface area contributed by atoms with Crippen molar-refractivity contribution in [1.82, 2.24) is 14.4 Å². The minimum Gasteiger partial charge on any atom is -0.481 e. The summed E-state index contributed by atoms with van der Waals surface area (Å²) < 4.78 is 1.90. The average Bonchev–Trinajstić information content (AvgIpc) is 2.99. The van der Waals surface area contributed by atoms with Crippen LogP contribution in [0.25, 0.3) is 5.78 Å².